The molecule has 1 fully saturated rings. The Bertz CT molecular complexity index is 1140. The van der Waals surface area contributed by atoms with Crippen LogP contribution in [0.5, 0.6) is 5.75 Å². The summed E-state index contributed by atoms with van der Waals surface area (Å²) < 4.78 is 0. The largest absolute Gasteiger partial charge is 0.508 e. The van der Waals surface area contributed by atoms with Crippen LogP contribution in [0.1, 0.15) is 31.2 Å². The van der Waals surface area contributed by atoms with Crippen molar-refractivity contribution in [3.63, 3.8) is 0 Å². The fourth-order valence-electron chi connectivity index (χ4n) is 5.45. The topological polar surface area (TPSA) is 112 Å². The number of fused-ring (bicyclic) bond motifs is 3. The molecule has 4 atom stereocenters. The lowest BCUT2D eigenvalue weighted by molar-refractivity contribution is -0.173. The molecule has 0 spiro atoms. The number of carbonyl (C=O) groups excluding carboxylic acids is 4. The first-order valence-corrected chi connectivity index (χ1v) is 9.86. The fraction of sp³-hybridized carbons (Fsp3) is 0.304. The predicted molar refractivity (Wildman–Crippen MR) is 103 cm³/mol. The number of carbonyl (C=O) groups is 4. The van der Waals surface area contributed by atoms with Gasteiger partial charge in [0.25, 0.3) is 11.8 Å². The molecule has 0 aromatic heterocycles. The molecule has 1 aliphatic heterocycles. The first-order valence-electron chi connectivity index (χ1n) is 9.86. The predicted octanol–water partition coefficient (Wildman–Crippen LogP) is 2.21. The Morgan fingerprint density at radius 1 is 1.03 bits per heavy atom. The van der Waals surface area contributed by atoms with Crippen molar-refractivity contribution < 1.29 is 29.5 Å². The molecular formula is C23H19NO6. The minimum Gasteiger partial charge on any atom is -0.508 e. The molecule has 2 amide bonds. The van der Waals surface area contributed by atoms with Gasteiger partial charge in [-0.25, -0.2) is 0 Å². The maximum Gasteiger partial charge on any atom is 0.257 e. The highest BCUT2D eigenvalue weighted by molar-refractivity contribution is 6.23. The number of amides is 2. The highest BCUT2D eigenvalue weighted by Crippen LogP contribution is 2.55. The van der Waals surface area contributed by atoms with Gasteiger partial charge in [0.1, 0.15) is 5.75 Å². The SMILES string of the molecule is CC1=CC(=O)C2=C(CC3C(=CCC4C(=O)N(O)C(=O)C43)C2c2ccccc2O)C1=O. The number of hydrogen-bond acceptors (Lipinski definition) is 6. The van der Waals surface area contributed by atoms with E-state index in [4.69, 9.17) is 0 Å². The molecule has 1 aromatic carbocycles. The summed E-state index contributed by atoms with van der Waals surface area (Å²) in [4.78, 5) is 51.0. The Balaban J connectivity index is 1.73. The van der Waals surface area contributed by atoms with E-state index >= 15 is 0 Å². The standard InChI is InChI=1S/C23H19NO6/c1-10-8-17(26)20-15(21(10)27)9-14-11(18(20)12-4-2-3-5-16(12)25)6-7-13-19(14)23(29)24(30)22(13)28/h2-6,8,13-14,18-19,25,30H,7,9H2,1H3. The van der Waals surface area contributed by atoms with Gasteiger partial charge in [0, 0.05) is 28.2 Å². The first kappa shape index (κ1) is 18.7. The summed E-state index contributed by atoms with van der Waals surface area (Å²) in [5.41, 5.74) is 2.19. The number of rotatable bonds is 1. The van der Waals surface area contributed by atoms with Crippen LogP contribution in [-0.2, 0) is 19.2 Å². The van der Waals surface area contributed by atoms with E-state index in [0.29, 0.717) is 22.3 Å². The van der Waals surface area contributed by atoms with Gasteiger partial charge in [-0.3, -0.25) is 24.4 Å². The minimum absolute atomic E-state index is 0.0119. The van der Waals surface area contributed by atoms with Crippen LogP contribution in [0.15, 0.2) is 58.7 Å². The zero-order valence-electron chi connectivity index (χ0n) is 16.2. The van der Waals surface area contributed by atoms with Gasteiger partial charge in [0.05, 0.1) is 11.8 Å². The van der Waals surface area contributed by atoms with Crippen LogP contribution in [0, 0.1) is 17.8 Å². The number of para-hydroxylation sites is 1. The van der Waals surface area contributed by atoms with E-state index in [-0.39, 0.29) is 35.2 Å². The van der Waals surface area contributed by atoms with Crippen LogP contribution in [0.25, 0.3) is 0 Å². The summed E-state index contributed by atoms with van der Waals surface area (Å²) in [6, 6.07) is 6.62. The van der Waals surface area contributed by atoms with Crippen molar-refractivity contribution in [2.24, 2.45) is 17.8 Å². The maximum atomic E-state index is 13.0. The smallest absolute Gasteiger partial charge is 0.257 e. The summed E-state index contributed by atoms with van der Waals surface area (Å²) >= 11 is 0. The molecular weight excluding hydrogens is 386 g/mol. The second-order valence-electron chi connectivity index (χ2n) is 8.28. The molecule has 3 aliphatic carbocycles. The number of allylic oxidation sites excluding steroid dienone is 6. The molecule has 152 valence electrons. The number of hydrogen-bond donors (Lipinski definition) is 2. The van der Waals surface area contributed by atoms with E-state index in [2.05, 4.69) is 0 Å². The third kappa shape index (κ3) is 2.35. The monoisotopic (exact) mass is 405 g/mol. The highest BCUT2D eigenvalue weighted by Gasteiger charge is 2.56. The third-order valence-electron chi connectivity index (χ3n) is 6.79. The molecule has 1 aromatic rings. The van der Waals surface area contributed by atoms with Crippen LogP contribution in [0.2, 0.25) is 0 Å². The van der Waals surface area contributed by atoms with Crippen LogP contribution in [0.3, 0.4) is 0 Å². The van der Waals surface area contributed by atoms with Crippen molar-refractivity contribution in [2.75, 3.05) is 0 Å². The van der Waals surface area contributed by atoms with Crippen molar-refractivity contribution >= 4 is 23.4 Å². The molecule has 5 rings (SSSR count). The van der Waals surface area contributed by atoms with E-state index in [1.807, 2.05) is 6.08 Å². The second kappa shape index (κ2) is 6.34. The number of phenols is 1. The average molecular weight is 405 g/mol. The number of phenolic OH excluding ortho intramolecular Hbond substituents is 1. The van der Waals surface area contributed by atoms with E-state index in [1.165, 1.54) is 12.1 Å². The molecule has 4 unspecified atom stereocenters. The van der Waals surface area contributed by atoms with Gasteiger partial charge >= 0.3 is 0 Å². The molecule has 1 heterocycles. The number of imide groups is 1. The van der Waals surface area contributed by atoms with Gasteiger partial charge in [-0.1, -0.05) is 29.8 Å². The molecule has 4 aliphatic rings. The Morgan fingerprint density at radius 2 is 1.77 bits per heavy atom. The van der Waals surface area contributed by atoms with Gasteiger partial charge in [0.15, 0.2) is 11.6 Å². The number of hydroxylamine groups is 2. The average Bonchev–Trinajstić information content (AvgIpc) is 2.95. The molecule has 1 saturated heterocycles. The van der Waals surface area contributed by atoms with Crippen molar-refractivity contribution in [3.8, 4) is 5.75 Å². The number of benzene rings is 1. The van der Waals surface area contributed by atoms with Gasteiger partial charge in [-0.2, -0.15) is 5.06 Å². The third-order valence-corrected chi connectivity index (χ3v) is 6.79. The van der Waals surface area contributed by atoms with Crippen LogP contribution in [-0.4, -0.2) is 38.8 Å². The Labute approximate surface area is 171 Å². The van der Waals surface area contributed by atoms with Crippen molar-refractivity contribution in [2.45, 2.75) is 25.7 Å². The van der Waals surface area contributed by atoms with Crippen LogP contribution in [0.4, 0.5) is 0 Å². The van der Waals surface area contributed by atoms with Gasteiger partial charge in [0.2, 0.25) is 0 Å². The normalized spacial score (nSPS) is 30.7. The lowest BCUT2D eigenvalue weighted by Gasteiger charge is -2.42. The Hall–Kier alpha value is -3.32. The molecule has 7 nitrogen and oxygen atoms in total. The molecule has 7 heteroatoms. The molecule has 2 N–H and O–H groups in total. The lowest BCUT2D eigenvalue weighted by Crippen LogP contribution is -2.39. The van der Waals surface area contributed by atoms with Crippen molar-refractivity contribution in [1.29, 1.82) is 0 Å². The number of ketones is 2. The molecule has 0 bridgehead atoms. The van der Waals surface area contributed by atoms with Crippen LogP contribution < -0.4 is 0 Å². The van der Waals surface area contributed by atoms with E-state index in [0.717, 1.165) is 5.57 Å². The highest BCUT2D eigenvalue weighted by atomic mass is 16.5. The number of Topliss-reactive ketones (excluding diaryl/α,β-unsaturated/α-hetero) is 1. The Morgan fingerprint density at radius 3 is 2.50 bits per heavy atom. The first-order chi connectivity index (χ1) is 14.3. The maximum absolute atomic E-state index is 13.0. The quantitative estimate of drug-likeness (QED) is 0.321. The molecule has 0 saturated carbocycles. The summed E-state index contributed by atoms with van der Waals surface area (Å²) in [5, 5.41) is 20.6. The summed E-state index contributed by atoms with van der Waals surface area (Å²) in [6.45, 7) is 1.58. The van der Waals surface area contributed by atoms with E-state index < -0.39 is 35.5 Å². The minimum atomic E-state index is -0.793. The van der Waals surface area contributed by atoms with E-state index in [1.54, 1.807) is 25.1 Å². The number of aromatic hydroxyl groups is 1. The van der Waals surface area contributed by atoms with Gasteiger partial charge in [-0.05, 0) is 37.8 Å². The Kier molecular flexibility index (Phi) is 3.95. The summed E-state index contributed by atoms with van der Waals surface area (Å²) in [5.74, 6) is -4.54. The summed E-state index contributed by atoms with van der Waals surface area (Å²) in [7, 11) is 0. The lowest BCUT2D eigenvalue weighted by atomic mass is 9.59. The van der Waals surface area contributed by atoms with Gasteiger partial charge < -0.3 is 5.11 Å². The molecule has 30 heavy (non-hydrogen) atoms. The van der Waals surface area contributed by atoms with E-state index in [9.17, 15) is 29.5 Å². The van der Waals surface area contributed by atoms with Crippen molar-refractivity contribution in [3.05, 3.63) is 64.3 Å². The summed E-state index contributed by atoms with van der Waals surface area (Å²) in [6.07, 6.45) is 3.55. The second-order valence-corrected chi connectivity index (χ2v) is 8.28. The zero-order chi connectivity index (χ0) is 21.3. The molecule has 0 radical (unpaired) electrons. The van der Waals surface area contributed by atoms with Crippen LogP contribution >= 0.6 is 0 Å². The van der Waals surface area contributed by atoms with Crippen molar-refractivity contribution in [1.82, 2.24) is 5.06 Å². The fourth-order valence-corrected chi connectivity index (χ4v) is 5.45. The van der Waals surface area contributed by atoms with Gasteiger partial charge in [-0.15, -0.1) is 0 Å². The zero-order valence-corrected chi connectivity index (χ0v) is 16.2. The number of nitrogens with zero attached hydrogens (tertiary/aromatic N) is 1.